The summed E-state index contributed by atoms with van der Waals surface area (Å²) in [6.07, 6.45) is 0. The molecule has 0 bridgehead atoms. The van der Waals surface area contributed by atoms with Crippen molar-refractivity contribution in [3.8, 4) is 5.75 Å². The van der Waals surface area contributed by atoms with Gasteiger partial charge >= 0.3 is 0 Å². The highest BCUT2D eigenvalue weighted by Gasteiger charge is 2.22. The van der Waals surface area contributed by atoms with E-state index in [9.17, 15) is 13.2 Å². The Bertz CT molecular complexity index is 881. The van der Waals surface area contributed by atoms with Crippen molar-refractivity contribution in [2.24, 2.45) is 0 Å². The molecule has 8 heteroatoms. The molecule has 0 saturated carbocycles. The summed E-state index contributed by atoms with van der Waals surface area (Å²) in [4.78, 5) is 14.0. The number of nitrogens with one attached hydrogen (secondary N) is 1. The normalized spacial score (nSPS) is 14.6. The summed E-state index contributed by atoms with van der Waals surface area (Å²) in [6.45, 7) is 0.882. The van der Waals surface area contributed by atoms with E-state index in [4.69, 9.17) is 4.74 Å². The van der Waals surface area contributed by atoms with Crippen LogP contribution in [0.1, 0.15) is 10.4 Å². The number of halogens is 1. The fraction of sp³-hybridized carbons (Fsp3) is 0.188. The number of rotatable bonds is 3. The Balaban J connectivity index is 1.92. The number of carbonyl (C=O) groups is 1. The molecule has 0 radical (unpaired) electrons. The Kier molecular flexibility index (Phi) is 4.51. The average Bonchev–Trinajstić information content (AvgIpc) is 2.68. The Morgan fingerprint density at radius 2 is 1.88 bits per heavy atom. The molecule has 126 valence electrons. The van der Waals surface area contributed by atoms with Gasteiger partial charge in [-0.2, -0.15) is 0 Å². The van der Waals surface area contributed by atoms with Gasteiger partial charge in [0.2, 0.25) is 0 Å². The fourth-order valence-electron chi connectivity index (χ4n) is 2.31. The Labute approximate surface area is 148 Å². The van der Waals surface area contributed by atoms with E-state index in [1.807, 2.05) is 0 Å². The van der Waals surface area contributed by atoms with E-state index >= 15 is 0 Å². The number of anilines is 1. The number of carbonyl (C=O) groups excluding carboxylic acids is 1. The topological polar surface area (TPSA) is 75.7 Å². The highest BCUT2D eigenvalue weighted by molar-refractivity contribution is 9.10. The molecular weight excluding hydrogens is 396 g/mol. The van der Waals surface area contributed by atoms with E-state index < -0.39 is 10.0 Å². The van der Waals surface area contributed by atoms with E-state index in [0.29, 0.717) is 30.2 Å². The van der Waals surface area contributed by atoms with Crippen molar-refractivity contribution in [3.63, 3.8) is 0 Å². The Morgan fingerprint density at radius 3 is 2.58 bits per heavy atom. The summed E-state index contributed by atoms with van der Waals surface area (Å²) in [5.41, 5.74) is 0.648. The number of hydrogen-bond donors (Lipinski definition) is 1. The molecule has 0 aliphatic carbocycles. The van der Waals surface area contributed by atoms with E-state index in [1.165, 1.54) is 18.2 Å². The molecule has 1 aliphatic rings. The number of benzene rings is 2. The van der Waals surface area contributed by atoms with Gasteiger partial charge in [0.1, 0.15) is 12.4 Å². The molecule has 3 rings (SSSR count). The largest absolute Gasteiger partial charge is 0.491 e. The first-order valence-corrected chi connectivity index (χ1v) is 9.45. The van der Waals surface area contributed by atoms with Crippen LogP contribution in [0.5, 0.6) is 5.75 Å². The lowest BCUT2D eigenvalue weighted by atomic mass is 10.1. The van der Waals surface area contributed by atoms with Crippen LogP contribution in [0.4, 0.5) is 5.69 Å². The SMILES string of the molecule is CN1CCOc2ccc(NS(=O)(=O)c3ccc(Br)cc3)cc2C1=O. The van der Waals surface area contributed by atoms with Crippen LogP contribution in [0.25, 0.3) is 0 Å². The third-order valence-electron chi connectivity index (χ3n) is 3.62. The van der Waals surface area contributed by atoms with Gasteiger partial charge in [0, 0.05) is 17.2 Å². The molecule has 0 spiro atoms. The van der Waals surface area contributed by atoms with E-state index in [2.05, 4.69) is 20.7 Å². The predicted octanol–water partition coefficient (Wildman–Crippen LogP) is 2.71. The molecule has 0 aromatic heterocycles. The van der Waals surface area contributed by atoms with Crippen molar-refractivity contribution >= 4 is 37.5 Å². The summed E-state index contributed by atoms with van der Waals surface area (Å²) in [5.74, 6) is 0.253. The van der Waals surface area contributed by atoms with Gasteiger partial charge in [-0.15, -0.1) is 0 Å². The second-order valence-corrected chi connectivity index (χ2v) is 7.94. The van der Waals surface area contributed by atoms with Gasteiger partial charge in [-0.05, 0) is 42.5 Å². The van der Waals surface area contributed by atoms with Crippen LogP contribution >= 0.6 is 15.9 Å². The number of nitrogens with zero attached hydrogens (tertiary/aromatic N) is 1. The number of amides is 1. The summed E-state index contributed by atoms with van der Waals surface area (Å²) in [6, 6.07) is 11.0. The second kappa shape index (κ2) is 6.45. The van der Waals surface area contributed by atoms with Gasteiger partial charge in [0.05, 0.1) is 17.0 Å². The maximum Gasteiger partial charge on any atom is 0.261 e. The van der Waals surface area contributed by atoms with Crippen molar-refractivity contribution in [3.05, 3.63) is 52.5 Å². The third kappa shape index (κ3) is 3.39. The van der Waals surface area contributed by atoms with Crippen LogP contribution in [-0.2, 0) is 10.0 Å². The zero-order valence-electron chi connectivity index (χ0n) is 12.8. The molecule has 6 nitrogen and oxygen atoms in total. The van der Waals surface area contributed by atoms with Crippen LogP contribution in [0.2, 0.25) is 0 Å². The van der Waals surface area contributed by atoms with Crippen LogP contribution in [-0.4, -0.2) is 39.4 Å². The Hall–Kier alpha value is -2.06. The fourth-order valence-corrected chi connectivity index (χ4v) is 3.63. The first-order chi connectivity index (χ1) is 11.4. The van der Waals surface area contributed by atoms with E-state index in [0.717, 1.165) is 4.47 Å². The first-order valence-electron chi connectivity index (χ1n) is 7.17. The molecule has 2 aromatic carbocycles. The summed E-state index contributed by atoms with van der Waals surface area (Å²) < 4.78 is 33.7. The number of likely N-dealkylation sites (N-methyl/N-ethyl adjacent to an activating group) is 1. The molecule has 1 aliphatic heterocycles. The molecule has 1 heterocycles. The van der Waals surface area contributed by atoms with Crippen molar-refractivity contribution < 1.29 is 17.9 Å². The lowest BCUT2D eigenvalue weighted by molar-refractivity contribution is 0.0797. The van der Waals surface area contributed by atoms with E-state index in [-0.39, 0.29) is 10.8 Å². The summed E-state index contributed by atoms with van der Waals surface area (Å²) in [7, 11) is -2.05. The quantitative estimate of drug-likeness (QED) is 0.843. The van der Waals surface area contributed by atoms with Crippen LogP contribution in [0, 0.1) is 0 Å². The van der Waals surface area contributed by atoms with Crippen molar-refractivity contribution in [2.75, 3.05) is 24.9 Å². The lowest BCUT2D eigenvalue weighted by Gasteiger charge is -2.13. The van der Waals surface area contributed by atoms with Crippen molar-refractivity contribution in [1.29, 1.82) is 0 Å². The molecule has 24 heavy (non-hydrogen) atoms. The maximum absolute atomic E-state index is 12.4. The van der Waals surface area contributed by atoms with Gasteiger partial charge in [0.15, 0.2) is 0 Å². The molecule has 1 amide bonds. The zero-order valence-corrected chi connectivity index (χ0v) is 15.2. The van der Waals surface area contributed by atoms with Crippen LogP contribution in [0.15, 0.2) is 51.8 Å². The maximum atomic E-state index is 12.4. The second-order valence-electron chi connectivity index (χ2n) is 5.35. The zero-order chi connectivity index (χ0) is 17.3. The molecule has 0 unspecified atom stereocenters. The van der Waals surface area contributed by atoms with Gasteiger partial charge in [0.25, 0.3) is 15.9 Å². The Morgan fingerprint density at radius 1 is 1.17 bits per heavy atom. The minimum atomic E-state index is -3.73. The van der Waals surface area contributed by atoms with Gasteiger partial charge in [-0.25, -0.2) is 8.42 Å². The van der Waals surface area contributed by atoms with Gasteiger partial charge < -0.3 is 9.64 Å². The summed E-state index contributed by atoms with van der Waals surface area (Å²) in [5, 5.41) is 0. The van der Waals surface area contributed by atoms with Gasteiger partial charge in [-0.1, -0.05) is 15.9 Å². The van der Waals surface area contributed by atoms with Crippen molar-refractivity contribution in [2.45, 2.75) is 4.90 Å². The average molecular weight is 411 g/mol. The number of ether oxygens (including phenoxy) is 1. The number of fused-ring (bicyclic) bond motifs is 1. The molecule has 0 atom stereocenters. The monoisotopic (exact) mass is 410 g/mol. The molecular formula is C16H15BrN2O4S. The smallest absolute Gasteiger partial charge is 0.261 e. The molecule has 0 fully saturated rings. The first kappa shape index (κ1) is 16.8. The predicted molar refractivity (Wildman–Crippen MR) is 93.8 cm³/mol. The highest BCUT2D eigenvalue weighted by atomic mass is 79.9. The minimum Gasteiger partial charge on any atom is -0.491 e. The van der Waals surface area contributed by atoms with Crippen LogP contribution in [0.3, 0.4) is 0 Å². The van der Waals surface area contributed by atoms with E-state index in [1.54, 1.807) is 36.2 Å². The van der Waals surface area contributed by atoms with Gasteiger partial charge in [-0.3, -0.25) is 9.52 Å². The van der Waals surface area contributed by atoms with Crippen molar-refractivity contribution in [1.82, 2.24) is 4.90 Å². The molecule has 0 saturated heterocycles. The molecule has 1 N–H and O–H groups in total. The minimum absolute atomic E-state index is 0.139. The lowest BCUT2D eigenvalue weighted by Crippen LogP contribution is -2.27. The van der Waals surface area contributed by atoms with Crippen LogP contribution < -0.4 is 9.46 Å². The number of hydrogen-bond acceptors (Lipinski definition) is 4. The highest BCUT2D eigenvalue weighted by Crippen LogP contribution is 2.27. The standard InChI is InChI=1S/C16H15BrN2O4S/c1-19-8-9-23-15-7-4-12(10-14(15)16(19)20)18-24(21,22)13-5-2-11(17)3-6-13/h2-7,10,18H,8-9H2,1H3. The third-order valence-corrected chi connectivity index (χ3v) is 5.54. The summed E-state index contributed by atoms with van der Waals surface area (Å²) >= 11 is 3.27. The molecule has 2 aromatic rings. The number of sulfonamides is 1.